The number of methoxy groups -OCH3 is 1. The van der Waals surface area contributed by atoms with Gasteiger partial charge in [0.15, 0.2) is 0 Å². The van der Waals surface area contributed by atoms with E-state index < -0.39 is 12.1 Å². The molecule has 4 nitrogen and oxygen atoms in total. The Hall–Kier alpha value is -3.55. The van der Waals surface area contributed by atoms with E-state index in [1.807, 2.05) is 54.6 Å². The van der Waals surface area contributed by atoms with Gasteiger partial charge in [-0.25, -0.2) is 0 Å². The average Bonchev–Trinajstić information content (AvgIpc) is 2.83. The minimum Gasteiger partial charge on any atom is -0.547 e. The molecule has 0 amide bonds. The first kappa shape index (κ1) is 25.7. The van der Waals surface area contributed by atoms with Gasteiger partial charge in [-0.1, -0.05) is 73.9 Å². The maximum atomic E-state index is 10.9. The number of carboxylic acids is 1. The van der Waals surface area contributed by atoms with E-state index in [2.05, 4.69) is 36.1 Å². The van der Waals surface area contributed by atoms with Crippen LogP contribution >= 0.6 is 0 Å². The van der Waals surface area contributed by atoms with E-state index in [1.165, 1.54) is 18.2 Å². The zero-order valence-electron chi connectivity index (χ0n) is 18.3. The third kappa shape index (κ3) is 8.48. The molecule has 0 aliphatic heterocycles. The lowest BCUT2D eigenvalue weighted by Crippen LogP contribution is -2.38. The van der Waals surface area contributed by atoms with Gasteiger partial charge in [-0.15, -0.1) is 0 Å². The second kappa shape index (κ2) is 13.8. The number of rotatable bonds is 10. The maximum absolute atomic E-state index is 10.9. The molecule has 0 heterocycles. The van der Waals surface area contributed by atoms with Gasteiger partial charge in [0.25, 0.3) is 0 Å². The first-order valence-electron chi connectivity index (χ1n) is 10.8. The van der Waals surface area contributed by atoms with Crippen LogP contribution in [0.1, 0.15) is 37.8 Å². The van der Waals surface area contributed by atoms with Gasteiger partial charge in [-0.3, -0.25) is 0 Å². The number of benzene rings is 3. The van der Waals surface area contributed by atoms with Crippen LogP contribution in [-0.4, -0.2) is 25.8 Å². The number of hydrogen-bond donors (Lipinski definition) is 0. The van der Waals surface area contributed by atoms with Crippen molar-refractivity contribution in [3.05, 3.63) is 90.0 Å². The van der Waals surface area contributed by atoms with E-state index in [0.29, 0.717) is 6.61 Å². The summed E-state index contributed by atoms with van der Waals surface area (Å²) < 4.78 is 10.7. The fourth-order valence-electron chi connectivity index (χ4n) is 3.25. The topological polar surface area (TPSA) is 58.6 Å². The molecule has 3 rings (SSSR count). The lowest BCUT2D eigenvalue weighted by atomic mass is 10.1. The van der Waals surface area contributed by atoms with Crippen molar-refractivity contribution in [3.63, 3.8) is 0 Å². The normalized spacial score (nSPS) is 10.9. The SMILES string of the molecule is C.CO[C@@H](Cc1ccc(C#CCCCCOc2ccc(-c3ccccc3)cc2)cc1)C(=O)[O-]. The predicted molar refractivity (Wildman–Crippen MR) is 131 cm³/mol. The lowest BCUT2D eigenvalue weighted by molar-refractivity contribution is -0.315. The summed E-state index contributed by atoms with van der Waals surface area (Å²) >= 11 is 0. The molecule has 0 aliphatic carbocycles. The van der Waals surface area contributed by atoms with Crippen molar-refractivity contribution in [1.82, 2.24) is 0 Å². The molecule has 0 aromatic heterocycles. The summed E-state index contributed by atoms with van der Waals surface area (Å²) in [5.41, 5.74) is 4.16. The standard InChI is InChI=1S/C28H28O4.CH4/c1-31-27(28(29)30)21-23-14-12-22(13-15-23)9-5-2-3-8-20-32-26-18-16-25(17-19-26)24-10-6-4-7-11-24;/h4,6-7,10-19,27H,2-3,8,20-21H2,1H3,(H,29,30);1H4/p-1/t27-;/m0./s1. The van der Waals surface area contributed by atoms with E-state index in [-0.39, 0.29) is 13.8 Å². The maximum Gasteiger partial charge on any atom is 0.119 e. The average molecular weight is 444 g/mol. The molecule has 172 valence electrons. The Bertz CT molecular complexity index is 1030. The highest BCUT2D eigenvalue weighted by Gasteiger charge is 2.09. The molecule has 0 aliphatic rings. The fourth-order valence-corrected chi connectivity index (χ4v) is 3.25. The molecule has 1 atom stereocenters. The number of carbonyl (C=O) groups excluding carboxylic acids is 1. The monoisotopic (exact) mass is 443 g/mol. The zero-order valence-corrected chi connectivity index (χ0v) is 18.3. The second-order valence-corrected chi connectivity index (χ2v) is 7.44. The molecule has 3 aromatic carbocycles. The highest BCUT2D eigenvalue weighted by molar-refractivity contribution is 5.70. The van der Waals surface area contributed by atoms with Gasteiger partial charge in [-0.05, 0) is 53.8 Å². The summed E-state index contributed by atoms with van der Waals surface area (Å²) in [5.74, 6) is 6.00. The van der Waals surface area contributed by atoms with E-state index in [4.69, 9.17) is 9.47 Å². The van der Waals surface area contributed by atoms with Crippen LogP contribution in [0.15, 0.2) is 78.9 Å². The Kier molecular flexibility index (Phi) is 10.7. The van der Waals surface area contributed by atoms with Crippen LogP contribution < -0.4 is 9.84 Å². The summed E-state index contributed by atoms with van der Waals surface area (Å²) in [4.78, 5) is 10.9. The molecule has 0 fully saturated rings. The molecule has 33 heavy (non-hydrogen) atoms. The first-order chi connectivity index (χ1) is 15.7. The molecule has 0 saturated carbocycles. The van der Waals surface area contributed by atoms with Crippen LogP contribution in [0, 0.1) is 11.8 Å². The first-order valence-corrected chi connectivity index (χ1v) is 10.8. The Morgan fingerprint density at radius 1 is 0.909 bits per heavy atom. The van der Waals surface area contributed by atoms with Crippen molar-refractivity contribution < 1.29 is 19.4 Å². The summed E-state index contributed by atoms with van der Waals surface area (Å²) in [6.07, 6.45) is 2.05. The molecular formula is C29H31O4-. The largest absolute Gasteiger partial charge is 0.547 e. The van der Waals surface area contributed by atoms with Crippen molar-refractivity contribution in [2.75, 3.05) is 13.7 Å². The minimum atomic E-state index is -1.20. The molecule has 4 heteroatoms. The van der Waals surface area contributed by atoms with Crippen LogP contribution in [0.2, 0.25) is 0 Å². The van der Waals surface area contributed by atoms with Crippen LogP contribution in [0.4, 0.5) is 0 Å². The van der Waals surface area contributed by atoms with Gasteiger partial charge < -0.3 is 19.4 Å². The summed E-state index contributed by atoms with van der Waals surface area (Å²) in [7, 11) is 1.37. The van der Waals surface area contributed by atoms with Crippen molar-refractivity contribution in [3.8, 4) is 28.7 Å². The second-order valence-electron chi connectivity index (χ2n) is 7.44. The molecule has 0 saturated heterocycles. The number of aliphatic carboxylic acids is 1. The van der Waals surface area contributed by atoms with Crippen molar-refractivity contribution in [2.45, 2.75) is 39.2 Å². The highest BCUT2D eigenvalue weighted by Crippen LogP contribution is 2.22. The third-order valence-corrected chi connectivity index (χ3v) is 5.08. The smallest absolute Gasteiger partial charge is 0.119 e. The van der Waals surface area contributed by atoms with Crippen LogP contribution in [0.3, 0.4) is 0 Å². The predicted octanol–water partition coefficient (Wildman–Crippen LogP) is 4.90. The minimum absolute atomic E-state index is 0. The van der Waals surface area contributed by atoms with Crippen LogP contribution in [-0.2, 0) is 16.0 Å². The Labute approximate surface area is 197 Å². The van der Waals surface area contributed by atoms with Gasteiger partial charge in [0, 0.05) is 25.5 Å². The molecule has 0 N–H and O–H groups in total. The van der Waals surface area contributed by atoms with Gasteiger partial charge in [0.2, 0.25) is 0 Å². The van der Waals surface area contributed by atoms with E-state index in [9.17, 15) is 9.90 Å². The molecule has 0 unspecified atom stereocenters. The highest BCUT2D eigenvalue weighted by atomic mass is 16.5. The van der Waals surface area contributed by atoms with Crippen molar-refractivity contribution in [2.24, 2.45) is 0 Å². The van der Waals surface area contributed by atoms with Gasteiger partial charge in [0.05, 0.1) is 12.6 Å². The van der Waals surface area contributed by atoms with Crippen molar-refractivity contribution in [1.29, 1.82) is 0 Å². The molecule has 0 bridgehead atoms. The summed E-state index contributed by atoms with van der Waals surface area (Å²) in [6.45, 7) is 0.667. The Morgan fingerprint density at radius 3 is 2.21 bits per heavy atom. The molecule has 0 spiro atoms. The summed E-state index contributed by atoms with van der Waals surface area (Å²) in [5, 5.41) is 10.9. The van der Waals surface area contributed by atoms with Crippen LogP contribution in [0.25, 0.3) is 11.1 Å². The fraction of sp³-hybridized carbons (Fsp3) is 0.276. The molecule has 3 aromatic rings. The molecule has 0 radical (unpaired) electrons. The van der Waals surface area contributed by atoms with Gasteiger partial charge in [-0.2, -0.15) is 0 Å². The summed E-state index contributed by atoms with van der Waals surface area (Å²) in [6, 6.07) is 26.0. The number of carbonyl (C=O) groups is 1. The number of ether oxygens (including phenoxy) is 2. The van der Waals surface area contributed by atoms with Gasteiger partial charge in [0.1, 0.15) is 11.9 Å². The van der Waals surface area contributed by atoms with Crippen LogP contribution in [0.5, 0.6) is 5.75 Å². The quantitative estimate of drug-likeness (QED) is 0.330. The number of hydrogen-bond acceptors (Lipinski definition) is 4. The van der Waals surface area contributed by atoms with Crippen molar-refractivity contribution >= 4 is 5.97 Å². The number of carboxylic acid groups (broad SMARTS) is 1. The molecular weight excluding hydrogens is 412 g/mol. The van der Waals surface area contributed by atoms with E-state index in [0.717, 1.165) is 36.1 Å². The zero-order chi connectivity index (χ0) is 22.6. The number of unbranched alkanes of at least 4 members (excludes halogenated alkanes) is 2. The third-order valence-electron chi connectivity index (χ3n) is 5.08. The van der Waals surface area contributed by atoms with E-state index in [1.54, 1.807) is 0 Å². The van der Waals surface area contributed by atoms with Gasteiger partial charge >= 0.3 is 0 Å². The lowest BCUT2D eigenvalue weighted by Gasteiger charge is -2.15. The van der Waals surface area contributed by atoms with E-state index >= 15 is 0 Å². The Balaban J connectivity index is 0.00000385. The Morgan fingerprint density at radius 2 is 1.58 bits per heavy atom.